The summed E-state index contributed by atoms with van der Waals surface area (Å²) in [6.07, 6.45) is -4.51. The summed E-state index contributed by atoms with van der Waals surface area (Å²) in [6, 6.07) is 17.6. The van der Waals surface area contributed by atoms with Gasteiger partial charge in [-0.15, -0.1) is 0 Å². The number of amides is 2. The number of halogens is 3. The van der Waals surface area contributed by atoms with Crippen LogP contribution in [0.1, 0.15) is 31.8 Å². The molecule has 0 saturated heterocycles. The second-order valence-corrected chi connectivity index (χ2v) is 6.57. The number of methoxy groups -OCH3 is 1. The molecule has 0 heterocycles. The van der Waals surface area contributed by atoms with Crippen LogP contribution in [-0.4, -0.2) is 18.9 Å². The Labute approximate surface area is 176 Å². The number of nitrogens with one attached hydrogen (secondary N) is 2. The van der Waals surface area contributed by atoms with Gasteiger partial charge in [0.2, 0.25) is 0 Å². The van der Waals surface area contributed by atoms with Crippen LogP contribution in [0.15, 0.2) is 72.8 Å². The first kappa shape index (κ1) is 21.9. The summed E-state index contributed by atoms with van der Waals surface area (Å²) in [5.74, 6) is -0.553. The van der Waals surface area contributed by atoms with E-state index in [0.29, 0.717) is 16.9 Å². The first-order chi connectivity index (χ1) is 14.8. The van der Waals surface area contributed by atoms with Crippen LogP contribution in [0.3, 0.4) is 0 Å². The Morgan fingerprint density at radius 3 is 2.26 bits per heavy atom. The molecule has 3 rings (SSSR count). The Kier molecular flexibility index (Phi) is 6.59. The second kappa shape index (κ2) is 9.34. The van der Waals surface area contributed by atoms with Crippen LogP contribution in [0.25, 0.3) is 0 Å². The number of carbonyl (C=O) groups excluding carboxylic acids is 2. The van der Waals surface area contributed by atoms with E-state index in [1.165, 1.54) is 25.3 Å². The molecular weight excluding hydrogens is 409 g/mol. The smallest absolute Gasteiger partial charge is 0.416 e. The molecule has 5 nitrogen and oxygen atoms in total. The predicted octanol–water partition coefficient (Wildman–Crippen LogP) is 4.90. The predicted molar refractivity (Wildman–Crippen MR) is 110 cm³/mol. The molecule has 0 radical (unpaired) electrons. The van der Waals surface area contributed by atoms with E-state index in [0.717, 1.165) is 12.1 Å². The first-order valence-electron chi connectivity index (χ1n) is 9.27. The monoisotopic (exact) mass is 428 g/mol. The van der Waals surface area contributed by atoms with Crippen LogP contribution in [0.2, 0.25) is 0 Å². The number of benzene rings is 3. The zero-order chi connectivity index (χ0) is 22.4. The van der Waals surface area contributed by atoms with E-state index >= 15 is 0 Å². The van der Waals surface area contributed by atoms with Crippen molar-refractivity contribution in [2.24, 2.45) is 0 Å². The van der Waals surface area contributed by atoms with Gasteiger partial charge >= 0.3 is 6.18 Å². The quantitative estimate of drug-likeness (QED) is 0.587. The largest absolute Gasteiger partial charge is 0.496 e. The molecule has 0 saturated carbocycles. The van der Waals surface area contributed by atoms with E-state index in [9.17, 15) is 22.8 Å². The van der Waals surface area contributed by atoms with E-state index in [1.807, 2.05) is 0 Å². The van der Waals surface area contributed by atoms with E-state index in [-0.39, 0.29) is 23.7 Å². The standard InChI is InChI=1S/C23H19F3N2O3/c1-31-20-12-5-4-11-19(20)21(29)27-14-15-7-2-3-10-18(15)22(30)28-17-9-6-8-16(13-17)23(24,25)26/h2-13H,14H2,1H3,(H,27,29)(H,28,30). The highest BCUT2D eigenvalue weighted by molar-refractivity contribution is 6.05. The Balaban J connectivity index is 1.74. The third kappa shape index (κ3) is 5.42. The number of hydrogen-bond acceptors (Lipinski definition) is 3. The molecule has 8 heteroatoms. The summed E-state index contributed by atoms with van der Waals surface area (Å²) in [4.78, 5) is 25.2. The normalized spacial score (nSPS) is 11.0. The van der Waals surface area contributed by atoms with Gasteiger partial charge in [0.05, 0.1) is 18.2 Å². The van der Waals surface area contributed by atoms with Gasteiger partial charge in [0.15, 0.2) is 0 Å². The van der Waals surface area contributed by atoms with Crippen molar-refractivity contribution in [3.63, 3.8) is 0 Å². The van der Waals surface area contributed by atoms with E-state index < -0.39 is 17.6 Å². The van der Waals surface area contributed by atoms with Crippen molar-refractivity contribution in [2.75, 3.05) is 12.4 Å². The van der Waals surface area contributed by atoms with Gasteiger partial charge < -0.3 is 15.4 Å². The van der Waals surface area contributed by atoms with Crippen LogP contribution in [0, 0.1) is 0 Å². The fourth-order valence-corrected chi connectivity index (χ4v) is 2.97. The third-order valence-electron chi connectivity index (χ3n) is 4.50. The molecule has 0 aliphatic heterocycles. The van der Waals surface area contributed by atoms with Gasteiger partial charge in [0.25, 0.3) is 11.8 Å². The third-order valence-corrected chi connectivity index (χ3v) is 4.50. The van der Waals surface area contributed by atoms with E-state index in [2.05, 4.69) is 10.6 Å². The summed E-state index contributed by atoms with van der Waals surface area (Å²) in [6.45, 7) is 0.0447. The number of alkyl halides is 3. The summed E-state index contributed by atoms with van der Waals surface area (Å²) >= 11 is 0. The van der Waals surface area contributed by atoms with Crippen molar-refractivity contribution in [3.05, 3.63) is 95.1 Å². The molecule has 0 atom stereocenters. The van der Waals surface area contributed by atoms with Gasteiger partial charge in [0, 0.05) is 17.8 Å². The molecule has 0 bridgehead atoms. The molecule has 3 aromatic rings. The SMILES string of the molecule is COc1ccccc1C(=O)NCc1ccccc1C(=O)Nc1cccc(C(F)(F)F)c1. The van der Waals surface area contributed by atoms with E-state index in [1.54, 1.807) is 42.5 Å². The molecule has 0 aromatic heterocycles. The van der Waals surface area contributed by atoms with Crippen LogP contribution >= 0.6 is 0 Å². The molecule has 31 heavy (non-hydrogen) atoms. The highest BCUT2D eigenvalue weighted by Crippen LogP contribution is 2.30. The van der Waals surface area contributed by atoms with Gasteiger partial charge in [-0.2, -0.15) is 13.2 Å². The van der Waals surface area contributed by atoms with Gasteiger partial charge in [-0.1, -0.05) is 36.4 Å². The number of para-hydroxylation sites is 1. The molecule has 0 spiro atoms. The van der Waals surface area contributed by atoms with Crippen LogP contribution in [-0.2, 0) is 12.7 Å². The molecular formula is C23H19F3N2O3. The highest BCUT2D eigenvalue weighted by Gasteiger charge is 2.30. The first-order valence-corrected chi connectivity index (χ1v) is 9.27. The Morgan fingerprint density at radius 2 is 1.55 bits per heavy atom. The molecule has 160 valence electrons. The average Bonchev–Trinajstić information content (AvgIpc) is 2.77. The van der Waals surface area contributed by atoms with Crippen LogP contribution in [0.5, 0.6) is 5.75 Å². The summed E-state index contributed by atoms with van der Waals surface area (Å²) in [7, 11) is 1.46. The fourth-order valence-electron chi connectivity index (χ4n) is 2.97. The minimum atomic E-state index is -4.51. The van der Waals surface area contributed by atoms with Crippen molar-refractivity contribution < 1.29 is 27.5 Å². The zero-order valence-electron chi connectivity index (χ0n) is 16.5. The lowest BCUT2D eigenvalue weighted by molar-refractivity contribution is -0.137. The maximum absolute atomic E-state index is 12.9. The maximum Gasteiger partial charge on any atom is 0.416 e. The molecule has 0 unspecified atom stereocenters. The van der Waals surface area contributed by atoms with Crippen molar-refractivity contribution >= 4 is 17.5 Å². The molecule has 0 aliphatic rings. The number of ether oxygens (including phenoxy) is 1. The van der Waals surface area contributed by atoms with Gasteiger partial charge in [-0.3, -0.25) is 9.59 Å². The van der Waals surface area contributed by atoms with Crippen molar-refractivity contribution in [1.29, 1.82) is 0 Å². The van der Waals surface area contributed by atoms with Gasteiger partial charge in [-0.25, -0.2) is 0 Å². The Bertz CT molecular complexity index is 1100. The Morgan fingerprint density at radius 1 is 0.871 bits per heavy atom. The van der Waals surface area contributed by atoms with E-state index in [4.69, 9.17) is 4.74 Å². The van der Waals surface area contributed by atoms with Crippen molar-refractivity contribution in [1.82, 2.24) is 5.32 Å². The second-order valence-electron chi connectivity index (χ2n) is 6.57. The highest BCUT2D eigenvalue weighted by atomic mass is 19.4. The topological polar surface area (TPSA) is 67.4 Å². The summed E-state index contributed by atoms with van der Waals surface area (Å²) in [5, 5.41) is 5.21. The zero-order valence-corrected chi connectivity index (χ0v) is 16.5. The Hall–Kier alpha value is -3.81. The lowest BCUT2D eigenvalue weighted by Crippen LogP contribution is -2.25. The van der Waals surface area contributed by atoms with Gasteiger partial charge in [0.1, 0.15) is 5.75 Å². The minimum Gasteiger partial charge on any atom is -0.496 e. The van der Waals surface area contributed by atoms with Crippen molar-refractivity contribution in [3.8, 4) is 5.75 Å². The summed E-state index contributed by atoms with van der Waals surface area (Å²) < 4.78 is 43.9. The lowest BCUT2D eigenvalue weighted by Gasteiger charge is -2.13. The number of hydrogen-bond donors (Lipinski definition) is 2. The number of carbonyl (C=O) groups is 2. The lowest BCUT2D eigenvalue weighted by atomic mass is 10.1. The molecule has 3 aromatic carbocycles. The average molecular weight is 428 g/mol. The van der Waals surface area contributed by atoms with Crippen LogP contribution < -0.4 is 15.4 Å². The molecule has 2 N–H and O–H groups in total. The van der Waals surface area contributed by atoms with Gasteiger partial charge in [-0.05, 0) is 42.0 Å². The number of rotatable bonds is 6. The van der Waals surface area contributed by atoms with Crippen LogP contribution in [0.4, 0.5) is 18.9 Å². The molecule has 0 fully saturated rings. The summed E-state index contributed by atoms with van der Waals surface area (Å²) in [5.41, 5.74) is 0.252. The molecule has 2 amide bonds. The number of anilines is 1. The fraction of sp³-hybridized carbons (Fsp3) is 0.130. The van der Waals surface area contributed by atoms with Crippen molar-refractivity contribution in [2.45, 2.75) is 12.7 Å². The minimum absolute atomic E-state index is 0.0210. The molecule has 0 aliphatic carbocycles. The maximum atomic E-state index is 12.9.